The predicted molar refractivity (Wildman–Crippen MR) is 95.7 cm³/mol. The molecule has 0 bridgehead atoms. The third-order valence-corrected chi connectivity index (χ3v) is 6.14. The number of nitrogens with zero attached hydrogens (tertiary/aromatic N) is 1. The van der Waals surface area contributed by atoms with Crippen molar-refractivity contribution in [1.82, 2.24) is 10.6 Å². The van der Waals surface area contributed by atoms with E-state index in [2.05, 4.69) is 15.6 Å². The molecular formula is C13H28IN3O2S. The van der Waals surface area contributed by atoms with Gasteiger partial charge in [-0.25, -0.2) is 8.42 Å². The van der Waals surface area contributed by atoms with E-state index >= 15 is 0 Å². The Kier molecular flexibility index (Phi) is 8.39. The molecule has 0 atom stereocenters. The lowest BCUT2D eigenvalue weighted by molar-refractivity contribution is 0.489. The van der Waals surface area contributed by atoms with Gasteiger partial charge in [0.25, 0.3) is 0 Å². The number of hydrogen-bond acceptors (Lipinski definition) is 3. The van der Waals surface area contributed by atoms with Gasteiger partial charge >= 0.3 is 0 Å². The normalized spacial score (nSPS) is 16.5. The fraction of sp³-hybridized carbons (Fsp3) is 0.923. The van der Waals surface area contributed by atoms with Crippen LogP contribution in [0.1, 0.15) is 46.5 Å². The zero-order valence-electron chi connectivity index (χ0n) is 12.9. The monoisotopic (exact) mass is 417 g/mol. The molecule has 1 aliphatic rings. The first-order chi connectivity index (χ1) is 8.88. The SMILES string of the molecule is CCNC(=NCC(CC)(CC)S(C)(=O)=O)NC1CC1.I. The molecule has 0 saturated heterocycles. The zero-order chi connectivity index (χ0) is 14.5. The van der Waals surface area contributed by atoms with Crippen molar-refractivity contribution in [3.63, 3.8) is 0 Å². The van der Waals surface area contributed by atoms with E-state index in [0.717, 1.165) is 12.5 Å². The highest BCUT2D eigenvalue weighted by atomic mass is 127. The van der Waals surface area contributed by atoms with Gasteiger partial charge < -0.3 is 10.6 Å². The van der Waals surface area contributed by atoms with Gasteiger partial charge in [-0.3, -0.25) is 4.99 Å². The van der Waals surface area contributed by atoms with Crippen LogP contribution in [0, 0.1) is 0 Å². The second kappa shape index (κ2) is 8.41. The molecule has 0 spiro atoms. The summed E-state index contributed by atoms with van der Waals surface area (Å²) in [6, 6.07) is 0.508. The molecule has 5 nitrogen and oxygen atoms in total. The highest BCUT2D eigenvalue weighted by molar-refractivity contribution is 14.0. The quantitative estimate of drug-likeness (QED) is 0.377. The zero-order valence-corrected chi connectivity index (χ0v) is 16.0. The summed E-state index contributed by atoms with van der Waals surface area (Å²) in [5, 5.41) is 6.48. The topological polar surface area (TPSA) is 70.6 Å². The molecule has 0 amide bonds. The molecule has 7 heteroatoms. The van der Waals surface area contributed by atoms with Crippen LogP contribution in [0.2, 0.25) is 0 Å². The summed E-state index contributed by atoms with van der Waals surface area (Å²) in [4.78, 5) is 4.49. The molecule has 0 aromatic rings. The van der Waals surface area contributed by atoms with Crippen molar-refractivity contribution in [3.05, 3.63) is 0 Å². The van der Waals surface area contributed by atoms with Crippen molar-refractivity contribution < 1.29 is 8.42 Å². The van der Waals surface area contributed by atoms with Crippen LogP contribution in [0.15, 0.2) is 4.99 Å². The van der Waals surface area contributed by atoms with Crippen LogP contribution in [0.3, 0.4) is 0 Å². The molecule has 0 aromatic heterocycles. The molecule has 0 radical (unpaired) electrons. The average molecular weight is 417 g/mol. The summed E-state index contributed by atoms with van der Waals surface area (Å²) in [5.41, 5.74) is 0. The van der Waals surface area contributed by atoms with E-state index in [-0.39, 0.29) is 24.0 Å². The summed E-state index contributed by atoms with van der Waals surface area (Å²) >= 11 is 0. The van der Waals surface area contributed by atoms with E-state index in [9.17, 15) is 8.42 Å². The second-order valence-electron chi connectivity index (χ2n) is 5.28. The molecule has 1 rings (SSSR count). The molecule has 1 fully saturated rings. The number of hydrogen-bond donors (Lipinski definition) is 2. The predicted octanol–water partition coefficient (Wildman–Crippen LogP) is 1.93. The Morgan fingerprint density at radius 1 is 1.25 bits per heavy atom. The minimum absolute atomic E-state index is 0. The van der Waals surface area contributed by atoms with Crippen LogP contribution >= 0.6 is 24.0 Å². The Balaban J connectivity index is 0.00000361. The first-order valence-electron chi connectivity index (χ1n) is 7.13. The summed E-state index contributed by atoms with van der Waals surface area (Å²) < 4.78 is 23.3. The van der Waals surface area contributed by atoms with Gasteiger partial charge in [0.05, 0.1) is 11.3 Å². The fourth-order valence-corrected chi connectivity index (χ4v) is 3.43. The summed E-state index contributed by atoms with van der Waals surface area (Å²) in [6.07, 6.45) is 4.84. The van der Waals surface area contributed by atoms with Gasteiger partial charge in [-0.1, -0.05) is 13.8 Å². The summed E-state index contributed by atoms with van der Waals surface area (Å²) in [7, 11) is -3.11. The van der Waals surface area contributed by atoms with Crippen LogP contribution < -0.4 is 10.6 Å². The number of nitrogens with one attached hydrogen (secondary N) is 2. The Labute approximate surface area is 140 Å². The molecule has 0 aromatic carbocycles. The van der Waals surface area contributed by atoms with Gasteiger partial charge in [0, 0.05) is 18.8 Å². The summed E-state index contributed by atoms with van der Waals surface area (Å²) in [6.45, 7) is 6.94. The standard InChI is InChI=1S/C13H27N3O2S.HI/c1-5-13(6-2,19(4,17)18)10-15-12(14-7-3)16-11-8-9-11;/h11H,5-10H2,1-4H3,(H2,14,15,16);1H. The lowest BCUT2D eigenvalue weighted by atomic mass is 10.0. The van der Waals surface area contributed by atoms with Gasteiger partial charge in [0.1, 0.15) is 0 Å². The number of guanidine groups is 1. The van der Waals surface area contributed by atoms with Crippen LogP contribution in [-0.2, 0) is 9.84 Å². The van der Waals surface area contributed by atoms with Crippen LogP contribution in [-0.4, -0.2) is 44.5 Å². The lowest BCUT2D eigenvalue weighted by Crippen LogP contribution is -2.43. The highest BCUT2D eigenvalue weighted by Gasteiger charge is 2.37. The van der Waals surface area contributed by atoms with Gasteiger partial charge in [-0.15, -0.1) is 24.0 Å². The molecule has 2 N–H and O–H groups in total. The van der Waals surface area contributed by atoms with E-state index in [1.807, 2.05) is 20.8 Å². The molecule has 1 aliphatic carbocycles. The van der Waals surface area contributed by atoms with E-state index < -0.39 is 14.6 Å². The number of aliphatic imine (C=N–C) groups is 1. The van der Waals surface area contributed by atoms with E-state index in [1.165, 1.54) is 19.1 Å². The van der Waals surface area contributed by atoms with Gasteiger partial charge in [-0.2, -0.15) is 0 Å². The summed E-state index contributed by atoms with van der Waals surface area (Å²) in [5.74, 6) is 0.736. The maximum atomic E-state index is 12.0. The van der Waals surface area contributed by atoms with Gasteiger partial charge in [0.2, 0.25) is 0 Å². The fourth-order valence-electron chi connectivity index (χ4n) is 2.08. The highest BCUT2D eigenvalue weighted by Crippen LogP contribution is 2.26. The van der Waals surface area contributed by atoms with Crippen molar-refractivity contribution in [2.75, 3.05) is 19.3 Å². The minimum Gasteiger partial charge on any atom is -0.357 e. The lowest BCUT2D eigenvalue weighted by Gasteiger charge is -2.28. The minimum atomic E-state index is -3.11. The number of rotatable bonds is 7. The molecule has 20 heavy (non-hydrogen) atoms. The van der Waals surface area contributed by atoms with Crippen molar-refractivity contribution in [2.45, 2.75) is 57.2 Å². The Morgan fingerprint density at radius 3 is 2.15 bits per heavy atom. The smallest absolute Gasteiger partial charge is 0.191 e. The van der Waals surface area contributed by atoms with Crippen LogP contribution in [0.25, 0.3) is 0 Å². The largest absolute Gasteiger partial charge is 0.357 e. The first-order valence-corrected chi connectivity index (χ1v) is 9.02. The second-order valence-corrected chi connectivity index (χ2v) is 7.69. The van der Waals surface area contributed by atoms with Gasteiger partial charge in [0.15, 0.2) is 15.8 Å². The average Bonchev–Trinajstić information content (AvgIpc) is 3.13. The number of sulfone groups is 1. The third-order valence-electron chi connectivity index (χ3n) is 3.86. The molecule has 120 valence electrons. The first kappa shape index (κ1) is 19.9. The third kappa shape index (κ3) is 5.38. The maximum Gasteiger partial charge on any atom is 0.191 e. The number of halogens is 1. The van der Waals surface area contributed by atoms with E-state index in [0.29, 0.717) is 25.4 Å². The molecule has 0 unspecified atom stereocenters. The Bertz CT molecular complexity index is 415. The van der Waals surface area contributed by atoms with Crippen LogP contribution in [0.5, 0.6) is 0 Å². The Morgan fingerprint density at radius 2 is 1.80 bits per heavy atom. The van der Waals surface area contributed by atoms with Crippen molar-refractivity contribution in [1.29, 1.82) is 0 Å². The van der Waals surface area contributed by atoms with Crippen molar-refractivity contribution in [3.8, 4) is 0 Å². The molecule has 1 saturated carbocycles. The maximum absolute atomic E-state index is 12.0. The van der Waals surface area contributed by atoms with Gasteiger partial charge in [-0.05, 0) is 32.6 Å². The van der Waals surface area contributed by atoms with E-state index in [4.69, 9.17) is 0 Å². The van der Waals surface area contributed by atoms with Crippen molar-refractivity contribution in [2.24, 2.45) is 4.99 Å². The molecular weight excluding hydrogens is 389 g/mol. The van der Waals surface area contributed by atoms with E-state index in [1.54, 1.807) is 0 Å². The Hall–Kier alpha value is -0.0500. The molecule has 0 aliphatic heterocycles. The van der Waals surface area contributed by atoms with Crippen molar-refractivity contribution >= 4 is 39.8 Å². The molecule has 0 heterocycles. The van der Waals surface area contributed by atoms with Crippen LogP contribution in [0.4, 0.5) is 0 Å².